The van der Waals surface area contributed by atoms with Gasteiger partial charge in [0.2, 0.25) is 0 Å². The first-order chi connectivity index (χ1) is 5.78. The molecule has 8 heteroatoms. The minimum atomic E-state index is -4.43. The zero-order chi connectivity index (χ0) is 10.3. The quantitative estimate of drug-likeness (QED) is 0.623. The van der Waals surface area contributed by atoms with E-state index in [4.69, 9.17) is 0 Å². The highest BCUT2D eigenvalue weighted by Gasteiger charge is 2.39. The molecule has 1 atom stereocenters. The zero-order valence-electron chi connectivity index (χ0n) is 6.76. The molecule has 1 saturated heterocycles. The third kappa shape index (κ3) is 2.08. The van der Waals surface area contributed by atoms with Crippen LogP contribution in [0.1, 0.15) is 13.3 Å². The molecule has 1 aliphatic rings. The van der Waals surface area contributed by atoms with Gasteiger partial charge < -0.3 is 0 Å². The minimum Gasteiger partial charge on any atom is -0.238 e. The molecule has 0 spiro atoms. The Morgan fingerprint density at radius 1 is 1.38 bits per heavy atom. The van der Waals surface area contributed by atoms with Crippen LogP contribution in [0.3, 0.4) is 0 Å². The van der Waals surface area contributed by atoms with Gasteiger partial charge in [0, 0.05) is 0 Å². The van der Waals surface area contributed by atoms with E-state index in [2.05, 4.69) is 14.4 Å². The standard InChI is InChI=1S/C5H8O6S2/c1-3-5-4(2)12(6,7)11-13(8,9)10-5/h5H,2-3H2,1H3. The summed E-state index contributed by atoms with van der Waals surface area (Å²) in [4.78, 5) is -0.371. The predicted molar refractivity (Wildman–Crippen MR) is 43.2 cm³/mol. The number of rotatable bonds is 1. The molecule has 1 heterocycles. The highest BCUT2D eigenvalue weighted by Crippen LogP contribution is 2.27. The SMILES string of the molecule is C=C1C(CC)OS(=O)(=O)OS1(=O)=O. The lowest BCUT2D eigenvalue weighted by molar-refractivity contribution is 0.203. The Bertz CT molecular complexity index is 416. The number of hydrogen-bond acceptors (Lipinski definition) is 6. The lowest BCUT2D eigenvalue weighted by Crippen LogP contribution is -2.33. The van der Waals surface area contributed by atoms with E-state index in [-0.39, 0.29) is 11.3 Å². The van der Waals surface area contributed by atoms with Gasteiger partial charge >= 0.3 is 20.5 Å². The largest absolute Gasteiger partial charge is 0.415 e. The van der Waals surface area contributed by atoms with E-state index in [0.717, 1.165) is 0 Å². The van der Waals surface area contributed by atoms with Crippen LogP contribution in [0, 0.1) is 0 Å². The molecule has 1 unspecified atom stereocenters. The van der Waals surface area contributed by atoms with Gasteiger partial charge in [0.05, 0.1) is 4.91 Å². The van der Waals surface area contributed by atoms with Gasteiger partial charge in [-0.15, -0.1) is 3.63 Å². The third-order valence-corrected chi connectivity index (χ3v) is 4.21. The fraction of sp³-hybridized carbons (Fsp3) is 0.600. The summed E-state index contributed by atoms with van der Waals surface area (Å²) in [6, 6.07) is 0. The normalized spacial score (nSPS) is 31.5. The fourth-order valence-corrected chi connectivity index (χ4v) is 3.31. The topological polar surface area (TPSA) is 86.7 Å². The molecule has 0 bridgehead atoms. The van der Waals surface area contributed by atoms with Crippen molar-refractivity contribution in [1.82, 2.24) is 0 Å². The Morgan fingerprint density at radius 3 is 2.38 bits per heavy atom. The summed E-state index contributed by atoms with van der Waals surface area (Å²) in [5, 5.41) is 0. The molecule has 6 nitrogen and oxygen atoms in total. The summed E-state index contributed by atoms with van der Waals surface area (Å²) >= 11 is 0. The Morgan fingerprint density at radius 2 is 1.92 bits per heavy atom. The molecule has 1 fully saturated rings. The molecule has 0 aromatic rings. The molecule has 0 aliphatic carbocycles. The van der Waals surface area contributed by atoms with Gasteiger partial charge in [0.25, 0.3) is 0 Å². The van der Waals surface area contributed by atoms with Crippen molar-refractivity contribution in [2.24, 2.45) is 0 Å². The van der Waals surface area contributed by atoms with E-state index in [1.807, 2.05) is 0 Å². The van der Waals surface area contributed by atoms with Gasteiger partial charge in [-0.3, -0.25) is 0 Å². The Labute approximate surface area is 76.6 Å². The molecule has 0 saturated carbocycles. The molecule has 0 amide bonds. The zero-order valence-corrected chi connectivity index (χ0v) is 8.39. The van der Waals surface area contributed by atoms with Gasteiger partial charge in [-0.05, 0) is 6.42 Å². The van der Waals surface area contributed by atoms with E-state index < -0.39 is 26.6 Å². The maximum Gasteiger partial charge on any atom is 0.415 e. The van der Waals surface area contributed by atoms with Crippen molar-refractivity contribution in [3.8, 4) is 0 Å². The molecular formula is C5H8O6S2. The summed E-state index contributed by atoms with van der Waals surface area (Å²) in [5.74, 6) is 0. The van der Waals surface area contributed by atoms with Gasteiger partial charge in [0.15, 0.2) is 0 Å². The van der Waals surface area contributed by atoms with Crippen molar-refractivity contribution in [2.75, 3.05) is 0 Å². The van der Waals surface area contributed by atoms with Crippen LogP contribution in [0.25, 0.3) is 0 Å². The molecule has 0 aromatic carbocycles. The van der Waals surface area contributed by atoms with Crippen LogP contribution in [-0.2, 0) is 28.3 Å². The van der Waals surface area contributed by atoms with Crippen LogP contribution < -0.4 is 0 Å². The van der Waals surface area contributed by atoms with Gasteiger partial charge in [0.1, 0.15) is 6.10 Å². The highest BCUT2D eigenvalue weighted by atomic mass is 32.3. The average Bonchev–Trinajstić information content (AvgIpc) is 1.95. The summed E-state index contributed by atoms with van der Waals surface area (Å²) < 4.78 is 51.5. The summed E-state index contributed by atoms with van der Waals surface area (Å²) in [6.07, 6.45) is -0.857. The van der Waals surface area contributed by atoms with Crippen molar-refractivity contribution >= 4 is 20.5 Å². The second-order valence-corrected chi connectivity index (χ2v) is 5.38. The molecule has 0 radical (unpaired) electrons. The van der Waals surface area contributed by atoms with Crippen LogP contribution in [0.2, 0.25) is 0 Å². The van der Waals surface area contributed by atoms with E-state index in [1.165, 1.54) is 0 Å². The Kier molecular flexibility index (Phi) is 2.50. The molecule has 1 aliphatic heterocycles. The molecule has 0 N–H and O–H groups in total. The predicted octanol–water partition coefficient (Wildman–Crippen LogP) is -0.0999. The van der Waals surface area contributed by atoms with Gasteiger partial charge in [-0.2, -0.15) is 16.8 Å². The summed E-state index contributed by atoms with van der Waals surface area (Å²) in [5.41, 5.74) is 0. The Hall–Kier alpha value is -0.440. The molecule has 1 rings (SSSR count). The molecule has 13 heavy (non-hydrogen) atoms. The third-order valence-electron chi connectivity index (χ3n) is 1.46. The molecule has 0 aromatic heterocycles. The second kappa shape index (κ2) is 3.05. The van der Waals surface area contributed by atoms with Crippen LogP contribution in [0.4, 0.5) is 0 Å². The van der Waals surface area contributed by atoms with Gasteiger partial charge in [-0.1, -0.05) is 13.5 Å². The smallest absolute Gasteiger partial charge is 0.238 e. The first-order valence-corrected chi connectivity index (χ1v) is 6.11. The van der Waals surface area contributed by atoms with Crippen LogP contribution >= 0.6 is 0 Å². The first kappa shape index (κ1) is 10.6. The maximum absolute atomic E-state index is 11.0. The monoisotopic (exact) mass is 228 g/mol. The van der Waals surface area contributed by atoms with Crippen molar-refractivity contribution in [3.05, 3.63) is 11.5 Å². The van der Waals surface area contributed by atoms with E-state index in [9.17, 15) is 16.8 Å². The summed E-state index contributed by atoms with van der Waals surface area (Å²) in [7, 11) is -8.67. The first-order valence-electron chi connectivity index (χ1n) is 3.36. The van der Waals surface area contributed by atoms with Crippen LogP contribution in [-0.4, -0.2) is 22.9 Å². The molecule has 76 valence electrons. The van der Waals surface area contributed by atoms with Crippen molar-refractivity contribution in [1.29, 1.82) is 0 Å². The minimum absolute atomic E-state index is 0.195. The Balaban J connectivity index is 3.17. The summed E-state index contributed by atoms with van der Waals surface area (Å²) in [6.45, 7) is 4.76. The molecular weight excluding hydrogens is 220 g/mol. The maximum atomic E-state index is 11.0. The van der Waals surface area contributed by atoms with E-state index >= 15 is 0 Å². The lowest BCUT2D eigenvalue weighted by atomic mass is 10.3. The van der Waals surface area contributed by atoms with Crippen LogP contribution in [0.5, 0.6) is 0 Å². The van der Waals surface area contributed by atoms with Crippen molar-refractivity contribution < 1.29 is 24.6 Å². The van der Waals surface area contributed by atoms with E-state index in [0.29, 0.717) is 0 Å². The fourth-order valence-electron chi connectivity index (χ4n) is 0.822. The van der Waals surface area contributed by atoms with E-state index in [1.54, 1.807) is 6.92 Å². The van der Waals surface area contributed by atoms with Crippen molar-refractivity contribution in [2.45, 2.75) is 19.4 Å². The van der Waals surface area contributed by atoms with Crippen molar-refractivity contribution in [3.63, 3.8) is 0 Å². The second-order valence-electron chi connectivity index (χ2n) is 2.39. The van der Waals surface area contributed by atoms with Crippen LogP contribution in [0.15, 0.2) is 11.5 Å². The average molecular weight is 228 g/mol. The number of hydrogen-bond donors (Lipinski definition) is 0. The highest BCUT2D eigenvalue weighted by molar-refractivity contribution is 8.00. The lowest BCUT2D eigenvalue weighted by Gasteiger charge is -2.21. The van der Waals surface area contributed by atoms with Gasteiger partial charge in [-0.25, -0.2) is 4.18 Å².